The fourth-order valence-corrected chi connectivity index (χ4v) is 2.21. The molecule has 5 nitrogen and oxygen atoms in total. The highest BCUT2D eigenvalue weighted by Gasteiger charge is 2.14. The Morgan fingerprint density at radius 2 is 1.95 bits per heavy atom. The van der Waals surface area contributed by atoms with Crippen LogP contribution in [0.3, 0.4) is 0 Å². The number of aromatic amines is 1. The fraction of sp³-hybridized carbons (Fsp3) is 0.0714. The largest absolute Gasteiger partial charge is 0.508 e. The minimum absolute atomic E-state index is 0.0337. The van der Waals surface area contributed by atoms with Gasteiger partial charge in [-0.1, -0.05) is 0 Å². The van der Waals surface area contributed by atoms with Crippen molar-refractivity contribution in [1.82, 2.24) is 4.98 Å². The summed E-state index contributed by atoms with van der Waals surface area (Å²) >= 11 is 0. The van der Waals surface area contributed by atoms with Crippen LogP contribution in [0.2, 0.25) is 0 Å². The van der Waals surface area contributed by atoms with Gasteiger partial charge in [0.15, 0.2) is 0 Å². The van der Waals surface area contributed by atoms with Crippen molar-refractivity contribution >= 4 is 27.8 Å². The molecule has 1 aromatic heterocycles. The Bertz CT molecular complexity index is 804. The topological polar surface area (TPSA) is 82.5 Å². The molecule has 5 heteroatoms. The van der Waals surface area contributed by atoms with Gasteiger partial charge in [0.05, 0.1) is 23.7 Å². The van der Waals surface area contributed by atoms with Crippen LogP contribution in [-0.2, 0) is 4.74 Å². The van der Waals surface area contributed by atoms with E-state index < -0.39 is 5.97 Å². The van der Waals surface area contributed by atoms with Crippen LogP contribution in [0.1, 0.15) is 10.4 Å². The Morgan fingerprint density at radius 1 is 1.16 bits per heavy atom. The number of ether oxygens (including phenoxy) is 1. The molecule has 0 atom stereocenters. The molecule has 0 saturated carbocycles. The standard InChI is InChI=1S/C14H11NO4/c1-19-14(18)7-4-10-9-3-2-8(16)6-11(9)15-13(10)12(17)5-7/h2-6,15-17H,1H3. The maximum atomic E-state index is 11.5. The lowest BCUT2D eigenvalue weighted by Gasteiger charge is -2.01. The first-order chi connectivity index (χ1) is 9.10. The maximum absolute atomic E-state index is 11.5. The molecule has 3 N–H and O–H groups in total. The number of phenols is 2. The van der Waals surface area contributed by atoms with Crippen LogP contribution in [0.4, 0.5) is 0 Å². The van der Waals surface area contributed by atoms with Crippen molar-refractivity contribution in [2.45, 2.75) is 0 Å². The lowest BCUT2D eigenvalue weighted by molar-refractivity contribution is 0.0600. The molecular formula is C14H11NO4. The molecule has 2 aromatic carbocycles. The molecule has 0 amide bonds. The number of H-pyrrole nitrogens is 1. The molecule has 0 unspecified atom stereocenters. The van der Waals surface area contributed by atoms with Crippen LogP contribution < -0.4 is 0 Å². The second-order valence-electron chi connectivity index (χ2n) is 4.26. The summed E-state index contributed by atoms with van der Waals surface area (Å²) in [6.07, 6.45) is 0. The Balaban J connectivity index is 2.39. The smallest absolute Gasteiger partial charge is 0.338 e. The van der Waals surface area contributed by atoms with Crippen molar-refractivity contribution in [3.8, 4) is 11.5 Å². The van der Waals surface area contributed by atoms with Gasteiger partial charge in [-0.15, -0.1) is 0 Å². The van der Waals surface area contributed by atoms with Gasteiger partial charge in [-0.25, -0.2) is 4.79 Å². The molecule has 19 heavy (non-hydrogen) atoms. The van der Waals surface area contributed by atoms with Gasteiger partial charge in [-0.05, 0) is 24.3 Å². The summed E-state index contributed by atoms with van der Waals surface area (Å²) in [6, 6.07) is 7.84. The number of benzene rings is 2. The number of fused-ring (bicyclic) bond motifs is 3. The van der Waals surface area contributed by atoms with Crippen LogP contribution in [0.5, 0.6) is 11.5 Å². The Morgan fingerprint density at radius 3 is 2.68 bits per heavy atom. The van der Waals surface area contributed by atoms with Gasteiger partial charge in [0.1, 0.15) is 11.5 Å². The van der Waals surface area contributed by atoms with Gasteiger partial charge in [-0.2, -0.15) is 0 Å². The lowest BCUT2D eigenvalue weighted by Crippen LogP contribution is -2.00. The highest BCUT2D eigenvalue weighted by Crippen LogP contribution is 2.33. The Labute approximate surface area is 108 Å². The number of rotatable bonds is 1. The summed E-state index contributed by atoms with van der Waals surface area (Å²) in [5.74, 6) is -0.411. The summed E-state index contributed by atoms with van der Waals surface area (Å²) < 4.78 is 4.65. The van der Waals surface area contributed by atoms with E-state index in [9.17, 15) is 15.0 Å². The zero-order valence-corrected chi connectivity index (χ0v) is 10.1. The minimum atomic E-state index is -0.509. The average Bonchev–Trinajstić information content (AvgIpc) is 2.76. The molecule has 96 valence electrons. The molecule has 0 bridgehead atoms. The van der Waals surface area contributed by atoms with E-state index in [1.54, 1.807) is 24.3 Å². The predicted molar refractivity (Wildman–Crippen MR) is 70.5 cm³/mol. The third-order valence-electron chi connectivity index (χ3n) is 3.09. The molecule has 1 heterocycles. The van der Waals surface area contributed by atoms with Gasteiger partial charge in [-0.3, -0.25) is 0 Å². The van der Waals surface area contributed by atoms with E-state index in [0.29, 0.717) is 16.4 Å². The van der Waals surface area contributed by atoms with Gasteiger partial charge in [0.25, 0.3) is 0 Å². The van der Waals surface area contributed by atoms with Crippen molar-refractivity contribution < 1.29 is 19.7 Å². The van der Waals surface area contributed by atoms with Crippen LogP contribution in [0.25, 0.3) is 21.8 Å². The first-order valence-corrected chi connectivity index (χ1v) is 5.66. The van der Waals surface area contributed by atoms with E-state index in [0.717, 1.165) is 5.39 Å². The predicted octanol–water partition coefficient (Wildman–Crippen LogP) is 2.52. The number of aromatic nitrogens is 1. The number of hydrogen-bond acceptors (Lipinski definition) is 4. The highest BCUT2D eigenvalue weighted by atomic mass is 16.5. The third kappa shape index (κ3) is 1.67. The molecule has 0 saturated heterocycles. The second-order valence-corrected chi connectivity index (χ2v) is 4.26. The third-order valence-corrected chi connectivity index (χ3v) is 3.09. The van der Waals surface area contributed by atoms with Crippen molar-refractivity contribution in [3.05, 3.63) is 35.9 Å². The summed E-state index contributed by atoms with van der Waals surface area (Å²) in [6.45, 7) is 0. The monoisotopic (exact) mass is 257 g/mol. The van der Waals surface area contributed by atoms with Crippen LogP contribution in [-0.4, -0.2) is 28.3 Å². The van der Waals surface area contributed by atoms with Crippen molar-refractivity contribution in [3.63, 3.8) is 0 Å². The number of hydrogen-bond donors (Lipinski definition) is 3. The fourth-order valence-electron chi connectivity index (χ4n) is 2.21. The molecular weight excluding hydrogens is 246 g/mol. The quantitative estimate of drug-likeness (QED) is 0.585. The first kappa shape index (κ1) is 11.4. The number of carbonyl (C=O) groups is 1. The summed E-state index contributed by atoms with van der Waals surface area (Å²) in [5, 5.41) is 20.9. The van der Waals surface area contributed by atoms with Crippen molar-refractivity contribution in [1.29, 1.82) is 0 Å². The molecule has 0 aliphatic rings. The molecule has 0 aliphatic heterocycles. The van der Waals surface area contributed by atoms with Gasteiger partial charge in [0.2, 0.25) is 0 Å². The maximum Gasteiger partial charge on any atom is 0.338 e. The second kappa shape index (κ2) is 3.91. The lowest BCUT2D eigenvalue weighted by atomic mass is 10.1. The molecule has 3 aromatic rings. The van der Waals surface area contributed by atoms with E-state index in [4.69, 9.17) is 0 Å². The van der Waals surface area contributed by atoms with E-state index in [-0.39, 0.29) is 17.1 Å². The van der Waals surface area contributed by atoms with Gasteiger partial charge >= 0.3 is 5.97 Å². The Kier molecular flexibility index (Phi) is 2.35. The zero-order chi connectivity index (χ0) is 13.6. The minimum Gasteiger partial charge on any atom is -0.508 e. The summed E-state index contributed by atoms with van der Waals surface area (Å²) in [5.41, 5.74) is 1.49. The van der Waals surface area contributed by atoms with Crippen LogP contribution >= 0.6 is 0 Å². The average molecular weight is 257 g/mol. The molecule has 0 radical (unpaired) electrons. The Hall–Kier alpha value is -2.69. The number of esters is 1. The van der Waals surface area contributed by atoms with Crippen molar-refractivity contribution in [2.75, 3.05) is 7.11 Å². The van der Waals surface area contributed by atoms with Crippen LogP contribution in [0.15, 0.2) is 30.3 Å². The van der Waals surface area contributed by atoms with E-state index in [1.165, 1.54) is 13.2 Å². The first-order valence-electron chi connectivity index (χ1n) is 5.66. The molecule has 0 aliphatic carbocycles. The van der Waals surface area contributed by atoms with E-state index >= 15 is 0 Å². The van der Waals surface area contributed by atoms with Crippen molar-refractivity contribution in [2.24, 2.45) is 0 Å². The SMILES string of the molecule is COC(=O)c1cc(O)c2[nH]c3cc(O)ccc3c2c1. The number of aromatic hydroxyl groups is 2. The number of phenolic OH excluding ortho intramolecular Hbond substituents is 2. The molecule has 3 rings (SSSR count). The summed E-state index contributed by atoms with van der Waals surface area (Å²) in [4.78, 5) is 14.5. The highest BCUT2D eigenvalue weighted by molar-refractivity contribution is 6.11. The van der Waals surface area contributed by atoms with Gasteiger partial charge < -0.3 is 19.9 Å². The summed E-state index contributed by atoms with van der Waals surface area (Å²) in [7, 11) is 1.29. The van der Waals surface area contributed by atoms with Crippen LogP contribution in [0, 0.1) is 0 Å². The molecule has 0 fully saturated rings. The number of carbonyl (C=O) groups excluding carboxylic acids is 1. The zero-order valence-electron chi connectivity index (χ0n) is 10.1. The van der Waals surface area contributed by atoms with E-state index in [1.807, 2.05) is 0 Å². The van der Waals surface area contributed by atoms with E-state index in [2.05, 4.69) is 9.72 Å². The number of nitrogens with one attached hydrogen (secondary N) is 1. The number of methoxy groups -OCH3 is 1. The van der Waals surface area contributed by atoms with Gasteiger partial charge in [0, 0.05) is 16.8 Å². The molecule has 0 spiro atoms. The normalized spacial score (nSPS) is 11.0.